The highest BCUT2D eigenvalue weighted by molar-refractivity contribution is 5.99. The molecule has 0 unspecified atom stereocenters. The molecule has 1 heterocycles. The van der Waals surface area contributed by atoms with Crippen LogP contribution >= 0.6 is 0 Å². The van der Waals surface area contributed by atoms with Crippen molar-refractivity contribution in [2.45, 2.75) is 13.8 Å². The Hall–Kier alpha value is -2.35. The predicted octanol–water partition coefficient (Wildman–Crippen LogP) is 4.53. The van der Waals surface area contributed by atoms with Crippen LogP contribution in [0, 0.1) is 13.8 Å². The first-order valence-electron chi connectivity index (χ1n) is 6.71. The van der Waals surface area contributed by atoms with Crippen LogP contribution in [0.5, 0.6) is 5.75 Å². The molecule has 1 aromatic heterocycles. The number of methoxy groups -OCH3 is 1. The molecule has 0 saturated heterocycles. The van der Waals surface area contributed by atoms with Crippen molar-refractivity contribution in [1.82, 2.24) is 4.98 Å². The number of nitrogens with zero attached hydrogens (tertiary/aromatic N) is 1. The molecule has 0 bridgehead atoms. The van der Waals surface area contributed by atoms with E-state index < -0.39 is 0 Å². The van der Waals surface area contributed by atoms with E-state index in [1.807, 2.05) is 18.2 Å². The van der Waals surface area contributed by atoms with E-state index in [1.54, 1.807) is 7.11 Å². The third-order valence-electron chi connectivity index (χ3n) is 3.66. The van der Waals surface area contributed by atoms with Crippen molar-refractivity contribution in [1.29, 1.82) is 0 Å². The summed E-state index contributed by atoms with van der Waals surface area (Å²) in [5, 5.41) is 2.42. The summed E-state index contributed by atoms with van der Waals surface area (Å²) in [6, 6.07) is 16.5. The lowest BCUT2D eigenvalue weighted by atomic mass is 9.96. The van der Waals surface area contributed by atoms with Gasteiger partial charge in [0.1, 0.15) is 5.75 Å². The maximum absolute atomic E-state index is 5.51. The Bertz CT molecular complexity index is 777. The summed E-state index contributed by atoms with van der Waals surface area (Å²) >= 11 is 0. The second-order valence-corrected chi connectivity index (χ2v) is 4.90. The highest BCUT2D eigenvalue weighted by Gasteiger charge is 2.13. The average molecular weight is 263 g/mol. The topological polar surface area (TPSA) is 22.1 Å². The zero-order chi connectivity index (χ0) is 14.1. The molecule has 20 heavy (non-hydrogen) atoms. The van der Waals surface area contributed by atoms with Gasteiger partial charge in [0.05, 0.1) is 7.11 Å². The second-order valence-electron chi connectivity index (χ2n) is 4.90. The van der Waals surface area contributed by atoms with E-state index in [1.165, 1.54) is 10.8 Å². The zero-order valence-corrected chi connectivity index (χ0v) is 12.0. The van der Waals surface area contributed by atoms with E-state index in [0.717, 1.165) is 28.3 Å². The Morgan fingerprint density at radius 2 is 1.45 bits per heavy atom. The number of para-hydroxylation sites is 1. The van der Waals surface area contributed by atoms with Crippen LogP contribution < -0.4 is 4.74 Å². The van der Waals surface area contributed by atoms with Gasteiger partial charge in [-0.1, -0.05) is 42.5 Å². The van der Waals surface area contributed by atoms with Crippen LogP contribution in [-0.2, 0) is 0 Å². The average Bonchev–Trinajstić information content (AvgIpc) is 2.48. The smallest absolute Gasteiger partial charge is 0.126 e. The fourth-order valence-electron chi connectivity index (χ4n) is 2.77. The van der Waals surface area contributed by atoms with E-state index in [-0.39, 0.29) is 0 Å². The molecule has 3 aromatic rings. The lowest BCUT2D eigenvalue weighted by Crippen LogP contribution is -1.96. The van der Waals surface area contributed by atoms with Crippen molar-refractivity contribution in [3.05, 3.63) is 59.9 Å². The molecule has 0 spiro atoms. The summed E-state index contributed by atoms with van der Waals surface area (Å²) in [6.45, 7) is 4.11. The SMILES string of the molecule is COc1ccccc1-c1c(C)nc(C)c2ccccc12. The highest BCUT2D eigenvalue weighted by Crippen LogP contribution is 2.37. The molecule has 0 aliphatic rings. The third kappa shape index (κ3) is 1.94. The van der Waals surface area contributed by atoms with E-state index in [9.17, 15) is 0 Å². The van der Waals surface area contributed by atoms with Gasteiger partial charge in [0.15, 0.2) is 0 Å². The number of hydrogen-bond acceptors (Lipinski definition) is 2. The maximum Gasteiger partial charge on any atom is 0.126 e. The van der Waals surface area contributed by atoms with Crippen LogP contribution in [0.2, 0.25) is 0 Å². The molecular weight excluding hydrogens is 246 g/mol. The molecule has 0 N–H and O–H groups in total. The number of hydrogen-bond donors (Lipinski definition) is 0. The fraction of sp³-hybridized carbons (Fsp3) is 0.167. The van der Waals surface area contributed by atoms with Crippen LogP contribution in [0.1, 0.15) is 11.4 Å². The first-order valence-corrected chi connectivity index (χ1v) is 6.71. The van der Waals surface area contributed by atoms with Gasteiger partial charge in [-0.3, -0.25) is 4.98 Å². The first kappa shape index (κ1) is 12.7. The summed E-state index contributed by atoms with van der Waals surface area (Å²) in [6.07, 6.45) is 0. The van der Waals surface area contributed by atoms with Gasteiger partial charge in [-0.2, -0.15) is 0 Å². The van der Waals surface area contributed by atoms with Gasteiger partial charge >= 0.3 is 0 Å². The number of pyridine rings is 1. The van der Waals surface area contributed by atoms with Gasteiger partial charge in [0.2, 0.25) is 0 Å². The molecule has 100 valence electrons. The Labute approximate surface area is 119 Å². The monoisotopic (exact) mass is 263 g/mol. The van der Waals surface area contributed by atoms with Crippen molar-refractivity contribution < 1.29 is 4.74 Å². The van der Waals surface area contributed by atoms with Crippen molar-refractivity contribution >= 4 is 10.8 Å². The van der Waals surface area contributed by atoms with Crippen molar-refractivity contribution in [2.24, 2.45) is 0 Å². The number of aryl methyl sites for hydroxylation is 2. The third-order valence-corrected chi connectivity index (χ3v) is 3.66. The van der Waals surface area contributed by atoms with Crippen LogP contribution in [0.15, 0.2) is 48.5 Å². The number of benzene rings is 2. The molecular formula is C18H17NO. The summed E-state index contributed by atoms with van der Waals surface area (Å²) in [5.41, 5.74) is 4.35. The van der Waals surface area contributed by atoms with E-state index >= 15 is 0 Å². The molecule has 0 aliphatic carbocycles. The van der Waals surface area contributed by atoms with Gasteiger partial charge in [0, 0.05) is 27.9 Å². The summed E-state index contributed by atoms with van der Waals surface area (Å²) in [5.74, 6) is 0.881. The van der Waals surface area contributed by atoms with E-state index in [0.29, 0.717) is 0 Å². The minimum Gasteiger partial charge on any atom is -0.496 e. The van der Waals surface area contributed by atoms with E-state index in [4.69, 9.17) is 9.72 Å². The number of fused-ring (bicyclic) bond motifs is 1. The summed E-state index contributed by atoms with van der Waals surface area (Å²) < 4.78 is 5.51. The van der Waals surface area contributed by atoms with Gasteiger partial charge in [-0.15, -0.1) is 0 Å². The van der Waals surface area contributed by atoms with Crippen LogP contribution in [0.25, 0.3) is 21.9 Å². The number of rotatable bonds is 2. The molecule has 0 aliphatic heterocycles. The minimum atomic E-state index is 0.881. The molecule has 0 atom stereocenters. The molecule has 2 aromatic carbocycles. The molecule has 0 amide bonds. The largest absolute Gasteiger partial charge is 0.496 e. The normalized spacial score (nSPS) is 10.8. The molecule has 2 nitrogen and oxygen atoms in total. The molecule has 2 heteroatoms. The van der Waals surface area contributed by atoms with Crippen molar-refractivity contribution in [3.8, 4) is 16.9 Å². The van der Waals surface area contributed by atoms with Crippen LogP contribution in [-0.4, -0.2) is 12.1 Å². The van der Waals surface area contributed by atoms with E-state index in [2.05, 4.69) is 44.2 Å². The van der Waals surface area contributed by atoms with Gasteiger partial charge in [0.25, 0.3) is 0 Å². The Balaban J connectivity index is 2.42. The molecule has 0 fully saturated rings. The second kappa shape index (κ2) is 4.97. The summed E-state index contributed by atoms with van der Waals surface area (Å²) in [7, 11) is 1.71. The Morgan fingerprint density at radius 3 is 2.20 bits per heavy atom. The Kier molecular flexibility index (Phi) is 3.15. The fourth-order valence-corrected chi connectivity index (χ4v) is 2.77. The van der Waals surface area contributed by atoms with Gasteiger partial charge in [-0.05, 0) is 25.3 Å². The molecule has 3 rings (SSSR count). The zero-order valence-electron chi connectivity index (χ0n) is 12.0. The van der Waals surface area contributed by atoms with Crippen molar-refractivity contribution in [3.63, 3.8) is 0 Å². The standard InChI is InChI=1S/C18H17NO/c1-12-14-8-4-5-9-15(14)18(13(2)19-12)16-10-6-7-11-17(16)20-3/h4-11H,1-3H3. The lowest BCUT2D eigenvalue weighted by molar-refractivity contribution is 0.416. The lowest BCUT2D eigenvalue weighted by Gasteiger charge is -2.14. The van der Waals surface area contributed by atoms with Crippen LogP contribution in [0.3, 0.4) is 0 Å². The van der Waals surface area contributed by atoms with Crippen LogP contribution in [0.4, 0.5) is 0 Å². The van der Waals surface area contributed by atoms with Crippen molar-refractivity contribution in [2.75, 3.05) is 7.11 Å². The Morgan fingerprint density at radius 1 is 0.800 bits per heavy atom. The molecule has 0 radical (unpaired) electrons. The molecule has 0 saturated carbocycles. The highest BCUT2D eigenvalue weighted by atomic mass is 16.5. The summed E-state index contributed by atoms with van der Waals surface area (Å²) in [4.78, 5) is 4.70. The van der Waals surface area contributed by atoms with Gasteiger partial charge in [-0.25, -0.2) is 0 Å². The maximum atomic E-state index is 5.51. The predicted molar refractivity (Wildman–Crippen MR) is 83.2 cm³/mol. The minimum absolute atomic E-state index is 0.881. The number of aromatic nitrogens is 1. The first-order chi connectivity index (χ1) is 9.72. The number of ether oxygens (including phenoxy) is 1. The van der Waals surface area contributed by atoms with Gasteiger partial charge < -0.3 is 4.74 Å². The quantitative estimate of drug-likeness (QED) is 0.677.